The highest BCUT2D eigenvalue weighted by Gasteiger charge is 2.20. The van der Waals surface area contributed by atoms with E-state index in [4.69, 9.17) is 9.47 Å². The molecule has 1 rings (SSSR count). The summed E-state index contributed by atoms with van der Waals surface area (Å²) >= 11 is 0. The second-order valence-corrected chi connectivity index (χ2v) is 3.22. The Hall–Kier alpha value is -0.810. The van der Waals surface area contributed by atoms with E-state index < -0.39 is 6.16 Å². The fourth-order valence-electron chi connectivity index (χ4n) is 1.29. The highest BCUT2D eigenvalue weighted by atomic mass is 16.7. The van der Waals surface area contributed by atoms with Crippen LogP contribution in [0.1, 0.15) is 13.8 Å². The zero-order valence-electron chi connectivity index (χ0n) is 8.62. The van der Waals surface area contributed by atoms with Gasteiger partial charge in [-0.3, -0.25) is 0 Å². The van der Waals surface area contributed by atoms with E-state index in [1.54, 1.807) is 6.92 Å². The Labute approximate surface area is 83.7 Å². The van der Waals surface area contributed by atoms with Crippen LogP contribution in [0.25, 0.3) is 0 Å². The number of nitrogens with one attached hydrogen (secondary N) is 1. The highest BCUT2D eigenvalue weighted by Crippen LogP contribution is 2.03. The van der Waals surface area contributed by atoms with E-state index in [9.17, 15) is 4.79 Å². The second-order valence-electron chi connectivity index (χ2n) is 3.22. The lowest BCUT2D eigenvalue weighted by atomic mass is 10.2. The maximum Gasteiger partial charge on any atom is 0.508 e. The Morgan fingerprint density at radius 1 is 1.50 bits per heavy atom. The van der Waals surface area contributed by atoms with Crippen molar-refractivity contribution < 1.29 is 19.0 Å². The van der Waals surface area contributed by atoms with Crippen LogP contribution in [0.3, 0.4) is 0 Å². The first-order valence-electron chi connectivity index (χ1n) is 4.88. The second kappa shape index (κ2) is 5.82. The third kappa shape index (κ3) is 3.93. The summed E-state index contributed by atoms with van der Waals surface area (Å²) in [4.78, 5) is 10.8. The Morgan fingerprint density at radius 2 is 2.29 bits per heavy atom. The minimum absolute atomic E-state index is 0.0665. The van der Waals surface area contributed by atoms with Crippen LogP contribution in [0, 0.1) is 0 Å². The van der Waals surface area contributed by atoms with Gasteiger partial charge in [0.15, 0.2) is 0 Å². The molecule has 1 aliphatic heterocycles. The summed E-state index contributed by atoms with van der Waals surface area (Å²) in [5.41, 5.74) is 0. The van der Waals surface area contributed by atoms with Crippen LogP contribution >= 0.6 is 0 Å². The van der Waals surface area contributed by atoms with Crippen molar-refractivity contribution in [3.8, 4) is 0 Å². The molecule has 82 valence electrons. The van der Waals surface area contributed by atoms with Gasteiger partial charge in [-0.05, 0) is 13.8 Å². The van der Waals surface area contributed by atoms with E-state index in [1.807, 2.05) is 6.92 Å². The summed E-state index contributed by atoms with van der Waals surface area (Å²) in [5, 5.41) is 3.18. The van der Waals surface area contributed by atoms with Crippen LogP contribution in [0.2, 0.25) is 0 Å². The molecule has 1 aliphatic rings. The molecule has 1 heterocycles. The number of morpholine rings is 1. The average molecular weight is 203 g/mol. The number of ether oxygens (including phenoxy) is 3. The van der Waals surface area contributed by atoms with Gasteiger partial charge in [-0.25, -0.2) is 4.79 Å². The predicted molar refractivity (Wildman–Crippen MR) is 50.2 cm³/mol. The molecule has 1 fully saturated rings. The third-order valence-electron chi connectivity index (χ3n) is 1.88. The molecular weight excluding hydrogens is 186 g/mol. The van der Waals surface area contributed by atoms with Crippen LogP contribution in [0.15, 0.2) is 0 Å². The Bertz CT molecular complexity index is 186. The van der Waals surface area contributed by atoms with Crippen LogP contribution in [0.5, 0.6) is 0 Å². The summed E-state index contributed by atoms with van der Waals surface area (Å²) in [6.07, 6.45) is -0.531. The van der Waals surface area contributed by atoms with Crippen molar-refractivity contribution in [2.75, 3.05) is 26.3 Å². The minimum atomic E-state index is -0.630. The molecule has 1 N–H and O–H groups in total. The molecule has 0 aromatic heterocycles. The van der Waals surface area contributed by atoms with Gasteiger partial charge >= 0.3 is 6.16 Å². The number of rotatable bonds is 3. The smallest absolute Gasteiger partial charge is 0.435 e. The lowest BCUT2D eigenvalue weighted by molar-refractivity contribution is -0.0633. The molecule has 2 atom stereocenters. The van der Waals surface area contributed by atoms with Crippen molar-refractivity contribution in [2.45, 2.75) is 26.1 Å². The molecule has 0 aromatic rings. The van der Waals surface area contributed by atoms with E-state index in [1.165, 1.54) is 0 Å². The lowest BCUT2D eigenvalue weighted by Crippen LogP contribution is -2.45. The number of hydrogen-bond acceptors (Lipinski definition) is 5. The summed E-state index contributed by atoms with van der Waals surface area (Å²) in [6, 6.07) is 0. The minimum Gasteiger partial charge on any atom is -0.435 e. The zero-order valence-corrected chi connectivity index (χ0v) is 8.62. The topological polar surface area (TPSA) is 56.8 Å². The SMILES string of the molecule is CCOC(=O)OCC1CNCC(C)O1. The molecule has 0 aliphatic carbocycles. The largest absolute Gasteiger partial charge is 0.508 e. The quantitative estimate of drug-likeness (QED) is 0.678. The molecule has 14 heavy (non-hydrogen) atoms. The summed E-state index contributed by atoms with van der Waals surface area (Å²) < 4.78 is 15.0. The normalized spacial score (nSPS) is 27.0. The van der Waals surface area contributed by atoms with E-state index in [0.717, 1.165) is 6.54 Å². The van der Waals surface area contributed by atoms with Gasteiger partial charge in [-0.1, -0.05) is 0 Å². The van der Waals surface area contributed by atoms with Crippen molar-refractivity contribution >= 4 is 6.16 Å². The van der Waals surface area contributed by atoms with Gasteiger partial charge in [-0.15, -0.1) is 0 Å². The van der Waals surface area contributed by atoms with Crippen molar-refractivity contribution in [1.82, 2.24) is 5.32 Å². The Kier molecular flexibility index (Phi) is 4.69. The first-order valence-corrected chi connectivity index (χ1v) is 4.88. The summed E-state index contributed by atoms with van der Waals surface area (Å²) in [7, 11) is 0. The van der Waals surface area contributed by atoms with Gasteiger partial charge in [0.2, 0.25) is 0 Å². The predicted octanol–water partition coefficient (Wildman–Crippen LogP) is 0.536. The maximum atomic E-state index is 10.8. The molecule has 1 saturated heterocycles. The molecule has 0 bridgehead atoms. The van der Waals surface area contributed by atoms with Gasteiger partial charge in [0.1, 0.15) is 12.7 Å². The fourth-order valence-corrected chi connectivity index (χ4v) is 1.29. The van der Waals surface area contributed by atoms with E-state index >= 15 is 0 Å². The van der Waals surface area contributed by atoms with E-state index in [-0.39, 0.29) is 18.8 Å². The van der Waals surface area contributed by atoms with Gasteiger partial charge in [0, 0.05) is 13.1 Å². The summed E-state index contributed by atoms with van der Waals surface area (Å²) in [6.45, 7) is 5.85. The monoisotopic (exact) mass is 203 g/mol. The first kappa shape index (κ1) is 11.3. The van der Waals surface area contributed by atoms with E-state index in [0.29, 0.717) is 13.2 Å². The van der Waals surface area contributed by atoms with Crippen molar-refractivity contribution in [3.63, 3.8) is 0 Å². The van der Waals surface area contributed by atoms with Gasteiger partial charge in [0.05, 0.1) is 12.7 Å². The van der Waals surface area contributed by atoms with Crippen LogP contribution in [-0.4, -0.2) is 44.7 Å². The highest BCUT2D eigenvalue weighted by molar-refractivity contribution is 5.59. The van der Waals surface area contributed by atoms with Gasteiger partial charge in [-0.2, -0.15) is 0 Å². The molecule has 0 radical (unpaired) electrons. The van der Waals surface area contributed by atoms with Crippen molar-refractivity contribution in [3.05, 3.63) is 0 Å². The molecule has 5 nitrogen and oxygen atoms in total. The molecule has 0 spiro atoms. The fraction of sp³-hybridized carbons (Fsp3) is 0.889. The third-order valence-corrected chi connectivity index (χ3v) is 1.88. The molecule has 0 aromatic carbocycles. The molecule has 5 heteroatoms. The number of hydrogen-bond donors (Lipinski definition) is 1. The first-order chi connectivity index (χ1) is 6.72. The zero-order chi connectivity index (χ0) is 10.4. The van der Waals surface area contributed by atoms with Gasteiger partial charge < -0.3 is 19.5 Å². The molecule has 0 amide bonds. The Morgan fingerprint density at radius 3 is 2.93 bits per heavy atom. The standard InChI is InChI=1S/C9H17NO4/c1-3-12-9(11)13-6-8-5-10-4-7(2)14-8/h7-8,10H,3-6H2,1-2H3. The van der Waals surface area contributed by atoms with Crippen LogP contribution in [0.4, 0.5) is 4.79 Å². The van der Waals surface area contributed by atoms with Crippen LogP contribution in [-0.2, 0) is 14.2 Å². The van der Waals surface area contributed by atoms with Gasteiger partial charge in [0.25, 0.3) is 0 Å². The van der Waals surface area contributed by atoms with Crippen molar-refractivity contribution in [2.24, 2.45) is 0 Å². The number of carbonyl (C=O) groups excluding carboxylic acids is 1. The summed E-state index contributed by atoms with van der Waals surface area (Å²) in [5.74, 6) is 0. The van der Waals surface area contributed by atoms with E-state index in [2.05, 4.69) is 10.1 Å². The van der Waals surface area contributed by atoms with Crippen molar-refractivity contribution in [1.29, 1.82) is 0 Å². The molecule has 2 unspecified atom stereocenters. The lowest BCUT2D eigenvalue weighted by Gasteiger charge is -2.28. The molecular formula is C9H17NO4. The van der Waals surface area contributed by atoms with Crippen LogP contribution < -0.4 is 5.32 Å². The Balaban J connectivity index is 2.14. The molecule has 0 saturated carbocycles. The maximum absolute atomic E-state index is 10.8. The number of carbonyl (C=O) groups is 1. The average Bonchev–Trinajstić information content (AvgIpc) is 2.15.